The van der Waals surface area contributed by atoms with E-state index in [2.05, 4.69) is 50.4 Å². The van der Waals surface area contributed by atoms with Gasteiger partial charge in [0.1, 0.15) is 0 Å². The highest BCUT2D eigenvalue weighted by Gasteiger charge is 2.25. The number of nitrogens with one attached hydrogen (secondary N) is 1. The average Bonchev–Trinajstić information content (AvgIpc) is 2.46. The maximum Gasteiger partial charge on any atom is 0.239 e. The highest BCUT2D eigenvalue weighted by atomic mass is 16.2. The second-order valence-corrected chi connectivity index (χ2v) is 7.68. The number of carbonyl (C=O) groups is 1. The second-order valence-electron chi connectivity index (χ2n) is 7.68. The number of likely N-dealkylation sites (N-methyl/N-ethyl adjacent to an activating group) is 1. The van der Waals surface area contributed by atoms with Crippen molar-refractivity contribution in [3.05, 3.63) is 35.4 Å². The molecule has 1 rings (SSSR count). The van der Waals surface area contributed by atoms with E-state index in [0.717, 1.165) is 5.56 Å². The second kappa shape index (κ2) is 7.93. The maximum absolute atomic E-state index is 12.2. The molecule has 4 heteroatoms. The molecule has 2 atom stereocenters. The number of nitrogens with zero attached hydrogens (tertiary/aromatic N) is 1. The van der Waals surface area contributed by atoms with Gasteiger partial charge in [0.15, 0.2) is 0 Å². The molecule has 0 bridgehead atoms. The molecular weight excluding hydrogens is 286 g/mol. The van der Waals surface area contributed by atoms with Gasteiger partial charge < -0.3 is 16.0 Å². The fourth-order valence-corrected chi connectivity index (χ4v) is 2.80. The van der Waals surface area contributed by atoms with E-state index in [1.807, 2.05) is 20.9 Å². The Morgan fingerprint density at radius 3 is 2.13 bits per heavy atom. The molecule has 1 amide bonds. The summed E-state index contributed by atoms with van der Waals surface area (Å²) in [7, 11) is 3.79. The predicted octanol–water partition coefficient (Wildman–Crippen LogP) is 2.73. The van der Waals surface area contributed by atoms with Gasteiger partial charge in [-0.1, -0.05) is 45.0 Å². The van der Waals surface area contributed by atoms with Gasteiger partial charge in [0, 0.05) is 19.1 Å². The summed E-state index contributed by atoms with van der Waals surface area (Å²) in [5, 5.41) is 3.38. The van der Waals surface area contributed by atoms with Crippen LogP contribution in [0.1, 0.15) is 51.8 Å². The van der Waals surface area contributed by atoms with Crippen LogP contribution in [-0.4, -0.2) is 37.0 Å². The number of amides is 1. The zero-order chi connectivity index (χ0) is 17.8. The van der Waals surface area contributed by atoms with Gasteiger partial charge in [-0.2, -0.15) is 0 Å². The molecule has 0 heterocycles. The topological polar surface area (TPSA) is 58.4 Å². The Morgan fingerprint density at radius 1 is 1.22 bits per heavy atom. The van der Waals surface area contributed by atoms with E-state index in [9.17, 15) is 4.79 Å². The van der Waals surface area contributed by atoms with E-state index in [1.165, 1.54) is 5.56 Å². The Labute approximate surface area is 141 Å². The minimum atomic E-state index is -0.490. The summed E-state index contributed by atoms with van der Waals surface area (Å²) in [4.78, 5) is 13.9. The molecule has 2 unspecified atom stereocenters. The van der Waals surface area contributed by atoms with Crippen LogP contribution in [0.15, 0.2) is 24.3 Å². The summed E-state index contributed by atoms with van der Waals surface area (Å²) in [5.74, 6) is -0.00753. The molecule has 0 aliphatic rings. The van der Waals surface area contributed by atoms with Gasteiger partial charge in [-0.05, 0) is 43.9 Å². The Balaban J connectivity index is 2.80. The first-order valence-corrected chi connectivity index (χ1v) is 8.36. The van der Waals surface area contributed by atoms with E-state index in [1.54, 1.807) is 11.9 Å². The first kappa shape index (κ1) is 19.7. The highest BCUT2D eigenvalue weighted by Crippen LogP contribution is 2.32. The molecule has 0 saturated carbocycles. The molecule has 1 aromatic rings. The van der Waals surface area contributed by atoms with Gasteiger partial charge in [-0.3, -0.25) is 4.79 Å². The number of nitrogens with two attached hydrogens (primary N) is 1. The first-order chi connectivity index (χ1) is 10.6. The minimum absolute atomic E-state index is 0.00753. The van der Waals surface area contributed by atoms with Crippen molar-refractivity contribution in [3.8, 4) is 0 Å². The summed E-state index contributed by atoms with van der Waals surface area (Å²) >= 11 is 0. The van der Waals surface area contributed by atoms with Gasteiger partial charge >= 0.3 is 0 Å². The lowest BCUT2D eigenvalue weighted by atomic mass is 9.82. The molecule has 0 aliphatic heterocycles. The lowest BCUT2D eigenvalue weighted by molar-refractivity contribution is -0.132. The Morgan fingerprint density at radius 2 is 1.74 bits per heavy atom. The van der Waals surface area contributed by atoms with Gasteiger partial charge in [-0.25, -0.2) is 0 Å². The molecule has 0 fully saturated rings. The van der Waals surface area contributed by atoms with Crippen molar-refractivity contribution in [3.63, 3.8) is 0 Å². The third-order valence-corrected chi connectivity index (χ3v) is 4.36. The van der Waals surface area contributed by atoms with Crippen molar-refractivity contribution in [2.45, 2.75) is 59.2 Å². The van der Waals surface area contributed by atoms with Crippen LogP contribution in [0.25, 0.3) is 0 Å². The van der Waals surface area contributed by atoms with Crippen LogP contribution in [0.4, 0.5) is 0 Å². The Kier molecular flexibility index (Phi) is 6.78. The molecule has 1 aromatic carbocycles. The lowest BCUT2D eigenvalue weighted by Gasteiger charge is -2.31. The quantitative estimate of drug-likeness (QED) is 0.847. The molecule has 0 radical (unpaired) electrons. The molecule has 4 nitrogen and oxygen atoms in total. The lowest BCUT2D eigenvalue weighted by Crippen LogP contribution is -2.45. The minimum Gasteiger partial charge on any atom is -0.342 e. The Bertz CT molecular complexity index is 502. The summed E-state index contributed by atoms with van der Waals surface area (Å²) in [6.07, 6.45) is 0.565. The normalized spacial score (nSPS) is 14.7. The number of carbonyl (C=O) groups excluding carboxylic acids is 1. The fourth-order valence-electron chi connectivity index (χ4n) is 2.80. The largest absolute Gasteiger partial charge is 0.342 e. The summed E-state index contributed by atoms with van der Waals surface area (Å²) in [6.45, 7) is 10.6. The zero-order valence-corrected chi connectivity index (χ0v) is 15.7. The van der Waals surface area contributed by atoms with E-state index in [-0.39, 0.29) is 17.4 Å². The Hall–Kier alpha value is -1.39. The van der Waals surface area contributed by atoms with E-state index < -0.39 is 6.04 Å². The van der Waals surface area contributed by atoms with Crippen LogP contribution in [0.3, 0.4) is 0 Å². The number of hydrogen-bond acceptors (Lipinski definition) is 3. The summed E-state index contributed by atoms with van der Waals surface area (Å²) in [5.41, 5.74) is 8.56. The predicted molar refractivity (Wildman–Crippen MR) is 97.3 cm³/mol. The molecular formula is C19H33N3O. The van der Waals surface area contributed by atoms with Crippen LogP contribution >= 0.6 is 0 Å². The maximum atomic E-state index is 12.2. The smallest absolute Gasteiger partial charge is 0.239 e. The van der Waals surface area contributed by atoms with Crippen molar-refractivity contribution in [2.75, 3.05) is 14.1 Å². The van der Waals surface area contributed by atoms with Crippen molar-refractivity contribution >= 4 is 5.91 Å². The molecule has 0 spiro atoms. The molecule has 23 heavy (non-hydrogen) atoms. The highest BCUT2D eigenvalue weighted by molar-refractivity contribution is 5.82. The van der Waals surface area contributed by atoms with Crippen LogP contribution in [0.2, 0.25) is 0 Å². The van der Waals surface area contributed by atoms with Crippen LogP contribution in [-0.2, 0) is 11.2 Å². The number of rotatable bonds is 6. The summed E-state index contributed by atoms with van der Waals surface area (Å²) < 4.78 is 0. The number of hydrogen-bond donors (Lipinski definition) is 2. The van der Waals surface area contributed by atoms with Crippen LogP contribution in [0.5, 0.6) is 0 Å². The standard InChI is InChI=1S/C19H33N3O/c1-13(2)22(7)18(23)16(20)12-14-8-10-15(11-9-14)17(21-6)19(3,4)5/h8-11,13,16-17,21H,12,20H2,1-7H3. The third kappa shape index (κ3) is 5.33. The number of benzene rings is 1. The van der Waals surface area contributed by atoms with Gasteiger partial charge in [0.2, 0.25) is 5.91 Å². The third-order valence-electron chi connectivity index (χ3n) is 4.36. The van der Waals surface area contributed by atoms with Crippen molar-refractivity contribution in [1.29, 1.82) is 0 Å². The van der Waals surface area contributed by atoms with Crippen molar-refractivity contribution in [2.24, 2.45) is 11.1 Å². The first-order valence-electron chi connectivity index (χ1n) is 8.36. The molecule has 0 aromatic heterocycles. The van der Waals surface area contributed by atoms with Crippen molar-refractivity contribution < 1.29 is 4.79 Å². The van der Waals surface area contributed by atoms with E-state index in [0.29, 0.717) is 12.5 Å². The van der Waals surface area contributed by atoms with Crippen LogP contribution < -0.4 is 11.1 Å². The summed E-state index contributed by atoms with van der Waals surface area (Å²) in [6, 6.07) is 8.38. The zero-order valence-electron chi connectivity index (χ0n) is 15.7. The SMILES string of the molecule is CNC(c1ccc(CC(N)C(=O)N(C)C(C)C)cc1)C(C)(C)C. The molecule has 130 valence electrons. The monoisotopic (exact) mass is 319 g/mol. The molecule has 0 aliphatic carbocycles. The van der Waals surface area contributed by atoms with E-state index in [4.69, 9.17) is 5.73 Å². The van der Waals surface area contributed by atoms with Crippen LogP contribution in [0, 0.1) is 5.41 Å². The van der Waals surface area contributed by atoms with Crippen molar-refractivity contribution in [1.82, 2.24) is 10.2 Å². The van der Waals surface area contributed by atoms with Gasteiger partial charge in [-0.15, -0.1) is 0 Å². The van der Waals surface area contributed by atoms with Gasteiger partial charge in [0.05, 0.1) is 6.04 Å². The van der Waals surface area contributed by atoms with Gasteiger partial charge in [0.25, 0.3) is 0 Å². The van der Waals surface area contributed by atoms with E-state index >= 15 is 0 Å². The molecule has 3 N–H and O–H groups in total. The average molecular weight is 319 g/mol. The molecule has 0 saturated heterocycles. The fraction of sp³-hybridized carbons (Fsp3) is 0.632.